The lowest BCUT2D eigenvalue weighted by molar-refractivity contribution is 0.0946. The van der Waals surface area contributed by atoms with Crippen molar-refractivity contribution in [3.05, 3.63) is 78.0 Å². The molecule has 3 rings (SSSR count). The lowest BCUT2D eigenvalue weighted by Gasteiger charge is -2.16. The van der Waals surface area contributed by atoms with Gasteiger partial charge in [0.05, 0.1) is 0 Å². The molecule has 1 aromatic heterocycles. The van der Waals surface area contributed by atoms with Crippen molar-refractivity contribution in [1.82, 2.24) is 20.2 Å². The Morgan fingerprint density at radius 1 is 1.00 bits per heavy atom. The van der Waals surface area contributed by atoms with Gasteiger partial charge >= 0.3 is 0 Å². The average molecular weight is 390 g/mol. The molecule has 0 fully saturated rings. The SMILES string of the molecule is CC(Nc1cc(C(=O)NCCN(C)C)nc(-c2ccccc2)n1)c1ccccc1. The Bertz CT molecular complexity index is 929. The summed E-state index contributed by atoms with van der Waals surface area (Å²) in [4.78, 5) is 23.8. The number of rotatable bonds is 8. The van der Waals surface area contributed by atoms with Gasteiger partial charge in [-0.25, -0.2) is 9.97 Å². The smallest absolute Gasteiger partial charge is 0.270 e. The number of hydrogen-bond acceptors (Lipinski definition) is 5. The number of nitrogens with one attached hydrogen (secondary N) is 2. The molecule has 2 aromatic carbocycles. The highest BCUT2D eigenvalue weighted by atomic mass is 16.1. The fourth-order valence-electron chi connectivity index (χ4n) is 2.88. The third-order valence-corrected chi connectivity index (χ3v) is 4.50. The van der Waals surface area contributed by atoms with Crippen LogP contribution in [-0.4, -0.2) is 48.0 Å². The second kappa shape index (κ2) is 9.80. The topological polar surface area (TPSA) is 70.2 Å². The largest absolute Gasteiger partial charge is 0.363 e. The molecular formula is C23H27N5O. The van der Waals surface area contributed by atoms with Crippen molar-refractivity contribution in [3.8, 4) is 11.4 Å². The van der Waals surface area contributed by atoms with Crippen molar-refractivity contribution in [1.29, 1.82) is 0 Å². The van der Waals surface area contributed by atoms with Gasteiger partial charge in [-0.2, -0.15) is 0 Å². The maximum atomic E-state index is 12.7. The fourth-order valence-corrected chi connectivity index (χ4v) is 2.88. The van der Waals surface area contributed by atoms with Crippen LogP contribution in [0.15, 0.2) is 66.7 Å². The predicted molar refractivity (Wildman–Crippen MR) is 117 cm³/mol. The molecule has 0 bridgehead atoms. The zero-order valence-electron chi connectivity index (χ0n) is 17.1. The van der Waals surface area contributed by atoms with E-state index in [-0.39, 0.29) is 11.9 Å². The van der Waals surface area contributed by atoms with Crippen LogP contribution >= 0.6 is 0 Å². The van der Waals surface area contributed by atoms with Crippen LogP contribution < -0.4 is 10.6 Å². The van der Waals surface area contributed by atoms with E-state index < -0.39 is 0 Å². The van der Waals surface area contributed by atoms with Gasteiger partial charge in [0.15, 0.2) is 5.82 Å². The van der Waals surface area contributed by atoms with Crippen LogP contribution in [0.25, 0.3) is 11.4 Å². The molecule has 1 amide bonds. The van der Waals surface area contributed by atoms with Crippen molar-refractivity contribution in [2.45, 2.75) is 13.0 Å². The first-order valence-electron chi connectivity index (χ1n) is 9.72. The number of hydrogen-bond donors (Lipinski definition) is 2. The third-order valence-electron chi connectivity index (χ3n) is 4.50. The van der Waals surface area contributed by atoms with Gasteiger partial charge in [-0.3, -0.25) is 4.79 Å². The van der Waals surface area contributed by atoms with Gasteiger partial charge in [0.2, 0.25) is 0 Å². The highest BCUT2D eigenvalue weighted by Gasteiger charge is 2.14. The summed E-state index contributed by atoms with van der Waals surface area (Å²) in [6.45, 7) is 3.38. The summed E-state index contributed by atoms with van der Waals surface area (Å²) in [6.07, 6.45) is 0. The Labute approximate surface area is 172 Å². The molecular weight excluding hydrogens is 362 g/mol. The molecule has 0 aliphatic rings. The molecule has 1 atom stereocenters. The lowest BCUT2D eigenvalue weighted by Crippen LogP contribution is -2.32. The molecule has 150 valence electrons. The average Bonchev–Trinajstić information content (AvgIpc) is 2.74. The zero-order valence-corrected chi connectivity index (χ0v) is 17.1. The van der Waals surface area contributed by atoms with Gasteiger partial charge in [0.1, 0.15) is 11.5 Å². The number of aromatic nitrogens is 2. The minimum absolute atomic E-state index is 0.0411. The minimum atomic E-state index is -0.207. The van der Waals surface area contributed by atoms with Crippen molar-refractivity contribution >= 4 is 11.7 Å². The van der Waals surface area contributed by atoms with Gasteiger partial charge in [-0.15, -0.1) is 0 Å². The molecule has 0 saturated heterocycles. The predicted octanol–water partition coefficient (Wildman–Crippen LogP) is 3.61. The molecule has 1 unspecified atom stereocenters. The summed E-state index contributed by atoms with van der Waals surface area (Å²) >= 11 is 0. The van der Waals surface area contributed by atoms with Crippen LogP contribution in [-0.2, 0) is 0 Å². The summed E-state index contributed by atoms with van der Waals surface area (Å²) in [5, 5.41) is 6.32. The molecule has 6 heteroatoms. The van der Waals surface area contributed by atoms with Crippen LogP contribution in [0.4, 0.5) is 5.82 Å². The Morgan fingerprint density at radius 3 is 2.31 bits per heavy atom. The number of carbonyl (C=O) groups excluding carboxylic acids is 1. The Balaban J connectivity index is 1.87. The van der Waals surface area contributed by atoms with Crippen LogP contribution in [0, 0.1) is 0 Å². The van der Waals surface area contributed by atoms with Gasteiger partial charge in [0.25, 0.3) is 5.91 Å². The molecule has 0 radical (unpaired) electrons. The molecule has 3 aromatic rings. The number of likely N-dealkylation sites (N-methyl/N-ethyl adjacent to an activating group) is 1. The van der Waals surface area contributed by atoms with Crippen molar-refractivity contribution in [3.63, 3.8) is 0 Å². The van der Waals surface area contributed by atoms with Gasteiger partial charge < -0.3 is 15.5 Å². The van der Waals surface area contributed by atoms with Crippen LogP contribution in [0.3, 0.4) is 0 Å². The van der Waals surface area contributed by atoms with Crippen LogP contribution in [0.5, 0.6) is 0 Å². The van der Waals surface area contributed by atoms with E-state index in [1.165, 1.54) is 0 Å². The summed E-state index contributed by atoms with van der Waals surface area (Å²) in [6, 6.07) is 21.6. The van der Waals surface area contributed by atoms with E-state index in [4.69, 9.17) is 0 Å². The maximum Gasteiger partial charge on any atom is 0.270 e. The highest BCUT2D eigenvalue weighted by Crippen LogP contribution is 2.22. The quantitative estimate of drug-likeness (QED) is 0.616. The summed E-state index contributed by atoms with van der Waals surface area (Å²) in [7, 11) is 3.94. The number of carbonyl (C=O) groups is 1. The minimum Gasteiger partial charge on any atom is -0.363 e. The van der Waals surface area contributed by atoms with Gasteiger partial charge in [-0.05, 0) is 26.6 Å². The monoisotopic (exact) mass is 389 g/mol. The van der Waals surface area contributed by atoms with E-state index in [2.05, 4.69) is 39.7 Å². The van der Waals surface area contributed by atoms with E-state index in [9.17, 15) is 4.79 Å². The summed E-state index contributed by atoms with van der Waals surface area (Å²) < 4.78 is 0. The van der Waals surface area contributed by atoms with E-state index in [1.807, 2.05) is 67.5 Å². The first-order valence-corrected chi connectivity index (χ1v) is 9.72. The highest BCUT2D eigenvalue weighted by molar-refractivity contribution is 5.93. The molecule has 6 nitrogen and oxygen atoms in total. The molecule has 29 heavy (non-hydrogen) atoms. The summed E-state index contributed by atoms with van der Waals surface area (Å²) in [5.41, 5.74) is 2.36. The third kappa shape index (κ3) is 5.86. The standard InChI is InChI=1S/C23H27N5O/c1-17(18-10-6-4-7-11-18)25-21-16-20(23(29)24-14-15-28(2)3)26-22(27-21)19-12-8-5-9-13-19/h4-13,16-17H,14-15H2,1-3H3,(H,24,29)(H,25,26,27). The first-order chi connectivity index (χ1) is 14.0. The molecule has 0 spiro atoms. The number of benzene rings is 2. The number of nitrogens with zero attached hydrogens (tertiary/aromatic N) is 3. The van der Waals surface area contributed by atoms with E-state index in [1.54, 1.807) is 6.07 Å². The van der Waals surface area contributed by atoms with Crippen LogP contribution in [0.2, 0.25) is 0 Å². The molecule has 2 N–H and O–H groups in total. The molecule has 0 saturated carbocycles. The van der Waals surface area contributed by atoms with E-state index in [0.717, 1.165) is 17.7 Å². The van der Waals surface area contributed by atoms with Gasteiger partial charge in [0, 0.05) is 30.8 Å². The second-order valence-corrected chi connectivity index (χ2v) is 7.16. The fraction of sp³-hybridized carbons (Fsp3) is 0.261. The normalized spacial score (nSPS) is 11.9. The Morgan fingerprint density at radius 2 is 1.66 bits per heavy atom. The second-order valence-electron chi connectivity index (χ2n) is 7.16. The van der Waals surface area contributed by atoms with Gasteiger partial charge in [-0.1, -0.05) is 60.7 Å². The van der Waals surface area contributed by atoms with Crippen molar-refractivity contribution < 1.29 is 4.79 Å². The molecule has 0 aliphatic heterocycles. The molecule has 0 aliphatic carbocycles. The van der Waals surface area contributed by atoms with E-state index in [0.29, 0.717) is 23.9 Å². The Kier molecular flexibility index (Phi) is 6.92. The van der Waals surface area contributed by atoms with Crippen molar-refractivity contribution in [2.75, 3.05) is 32.5 Å². The summed E-state index contributed by atoms with van der Waals surface area (Å²) in [5.74, 6) is 0.934. The van der Waals surface area contributed by atoms with E-state index >= 15 is 0 Å². The number of anilines is 1. The number of amides is 1. The zero-order chi connectivity index (χ0) is 20.6. The van der Waals surface area contributed by atoms with Crippen molar-refractivity contribution in [2.24, 2.45) is 0 Å². The Hall–Kier alpha value is -3.25. The first kappa shape index (κ1) is 20.5. The molecule has 1 heterocycles. The van der Waals surface area contributed by atoms with Crippen LogP contribution in [0.1, 0.15) is 29.0 Å². The lowest BCUT2D eigenvalue weighted by atomic mass is 10.1. The maximum absolute atomic E-state index is 12.7.